The molecule has 16 heavy (non-hydrogen) atoms. The normalized spacial score (nSPS) is 12.9. The molecular weight excluding hydrogens is 207 g/mol. The zero-order valence-corrected chi connectivity index (χ0v) is 10.6. The average Bonchev–Trinajstić information content (AvgIpc) is 2.31. The number of halogens is 1. The summed E-state index contributed by atoms with van der Waals surface area (Å²) in [6.45, 7) is 2.29. The second-order valence-corrected chi connectivity index (χ2v) is 4.36. The van der Waals surface area contributed by atoms with Gasteiger partial charge in [0.25, 0.3) is 0 Å². The van der Waals surface area contributed by atoms with Gasteiger partial charge in [-0.15, -0.1) is 0 Å². The lowest BCUT2D eigenvalue weighted by atomic mass is 10.1. The van der Waals surface area contributed by atoms with Gasteiger partial charge >= 0.3 is 0 Å². The average molecular weight is 234 g/mol. The molecule has 3 heteroatoms. The highest BCUT2D eigenvalue weighted by Crippen LogP contribution is 2.08. The summed E-state index contributed by atoms with van der Waals surface area (Å²) in [5.74, 6) is 0. The van der Waals surface area contributed by atoms with Crippen molar-refractivity contribution >= 4 is 0 Å². The topological polar surface area (TPSA) is 29.5 Å². The van der Waals surface area contributed by atoms with E-state index < -0.39 is 12.8 Å². The Bertz CT molecular complexity index is 131. The maximum Gasteiger partial charge on any atom is 0.118 e. The number of aliphatic hydroxyl groups excluding tert-OH is 1. The summed E-state index contributed by atoms with van der Waals surface area (Å²) >= 11 is 0. The molecule has 1 atom stereocenters. The second-order valence-electron chi connectivity index (χ2n) is 4.36. The van der Waals surface area contributed by atoms with Gasteiger partial charge in [-0.3, -0.25) is 0 Å². The fraction of sp³-hybridized carbons (Fsp3) is 1.00. The molecule has 2 nitrogen and oxygen atoms in total. The predicted molar refractivity (Wildman–Crippen MR) is 65.4 cm³/mol. The molecule has 0 aliphatic heterocycles. The first-order valence-corrected chi connectivity index (χ1v) is 6.63. The van der Waals surface area contributed by atoms with Gasteiger partial charge in [0.2, 0.25) is 0 Å². The van der Waals surface area contributed by atoms with Crippen LogP contribution in [0.5, 0.6) is 0 Å². The lowest BCUT2D eigenvalue weighted by Crippen LogP contribution is -2.17. The van der Waals surface area contributed by atoms with E-state index in [2.05, 4.69) is 6.92 Å². The summed E-state index contributed by atoms with van der Waals surface area (Å²) in [5.41, 5.74) is 0. The van der Waals surface area contributed by atoms with Crippen LogP contribution in [0.3, 0.4) is 0 Å². The van der Waals surface area contributed by atoms with Crippen LogP contribution in [-0.2, 0) is 4.74 Å². The van der Waals surface area contributed by atoms with Crippen molar-refractivity contribution in [3.05, 3.63) is 0 Å². The molecule has 1 N–H and O–H groups in total. The van der Waals surface area contributed by atoms with E-state index in [1.165, 1.54) is 44.9 Å². The van der Waals surface area contributed by atoms with Gasteiger partial charge in [-0.05, 0) is 6.42 Å². The highest BCUT2D eigenvalue weighted by molar-refractivity contribution is 4.50. The van der Waals surface area contributed by atoms with Gasteiger partial charge < -0.3 is 9.84 Å². The van der Waals surface area contributed by atoms with Crippen LogP contribution in [-0.4, -0.2) is 31.1 Å². The molecule has 0 heterocycles. The van der Waals surface area contributed by atoms with Gasteiger partial charge in [0, 0.05) is 6.61 Å². The Morgan fingerprint density at radius 1 is 1.00 bits per heavy atom. The third-order valence-corrected chi connectivity index (χ3v) is 2.63. The highest BCUT2D eigenvalue weighted by atomic mass is 19.1. The molecule has 0 saturated carbocycles. The fourth-order valence-corrected chi connectivity index (χ4v) is 1.60. The van der Waals surface area contributed by atoms with E-state index in [4.69, 9.17) is 9.84 Å². The number of ether oxygens (including phenoxy) is 1. The monoisotopic (exact) mass is 234 g/mol. The summed E-state index contributed by atoms with van der Waals surface area (Å²) in [4.78, 5) is 0. The molecule has 0 bridgehead atoms. The predicted octanol–water partition coefficient (Wildman–Crippen LogP) is 3.47. The SMILES string of the molecule is CCCCCCCCCCOCC(O)CF. The molecule has 98 valence electrons. The summed E-state index contributed by atoms with van der Waals surface area (Å²) < 4.78 is 17.0. The lowest BCUT2D eigenvalue weighted by Gasteiger charge is -2.07. The fourth-order valence-electron chi connectivity index (χ4n) is 1.60. The number of hydrogen-bond acceptors (Lipinski definition) is 2. The first-order valence-electron chi connectivity index (χ1n) is 6.63. The van der Waals surface area contributed by atoms with Gasteiger partial charge in [-0.1, -0.05) is 51.9 Å². The summed E-state index contributed by atoms with van der Waals surface area (Å²) in [6, 6.07) is 0. The minimum absolute atomic E-state index is 0.132. The number of alkyl halides is 1. The molecule has 0 aliphatic carbocycles. The van der Waals surface area contributed by atoms with Crippen LogP contribution in [0.4, 0.5) is 4.39 Å². The third kappa shape index (κ3) is 11.9. The van der Waals surface area contributed by atoms with Crippen molar-refractivity contribution < 1.29 is 14.2 Å². The van der Waals surface area contributed by atoms with E-state index in [0.29, 0.717) is 6.61 Å². The first kappa shape index (κ1) is 15.9. The molecule has 0 aromatic carbocycles. The van der Waals surface area contributed by atoms with E-state index in [1.807, 2.05) is 0 Å². The molecule has 0 rings (SSSR count). The van der Waals surface area contributed by atoms with Crippen LogP contribution < -0.4 is 0 Å². The number of rotatable bonds is 12. The van der Waals surface area contributed by atoms with Gasteiger partial charge in [0.15, 0.2) is 0 Å². The highest BCUT2D eigenvalue weighted by Gasteiger charge is 2.01. The molecule has 0 aliphatic rings. The minimum Gasteiger partial charge on any atom is -0.388 e. The van der Waals surface area contributed by atoms with E-state index in [-0.39, 0.29) is 6.61 Å². The van der Waals surface area contributed by atoms with E-state index in [1.54, 1.807) is 0 Å². The Balaban J connectivity index is 2.93. The van der Waals surface area contributed by atoms with Crippen LogP contribution >= 0.6 is 0 Å². The molecule has 0 saturated heterocycles. The van der Waals surface area contributed by atoms with Crippen molar-refractivity contribution in [2.45, 2.75) is 64.4 Å². The molecule has 0 aromatic heterocycles. The lowest BCUT2D eigenvalue weighted by molar-refractivity contribution is 0.0228. The molecule has 1 unspecified atom stereocenters. The third-order valence-electron chi connectivity index (χ3n) is 2.63. The van der Waals surface area contributed by atoms with Crippen LogP contribution in [0.25, 0.3) is 0 Å². The quantitative estimate of drug-likeness (QED) is 0.524. The molecule has 0 amide bonds. The maximum atomic E-state index is 11.8. The van der Waals surface area contributed by atoms with Crippen molar-refractivity contribution in [2.24, 2.45) is 0 Å². The Morgan fingerprint density at radius 3 is 2.12 bits per heavy atom. The number of unbranched alkanes of at least 4 members (excludes halogenated alkanes) is 7. The standard InChI is InChI=1S/C13H27FO2/c1-2-3-4-5-6-7-8-9-10-16-12-13(15)11-14/h13,15H,2-12H2,1H3. The Morgan fingerprint density at radius 2 is 1.56 bits per heavy atom. The molecule has 0 radical (unpaired) electrons. The van der Waals surface area contributed by atoms with Gasteiger partial charge in [0.1, 0.15) is 12.8 Å². The van der Waals surface area contributed by atoms with Crippen molar-refractivity contribution in [3.63, 3.8) is 0 Å². The van der Waals surface area contributed by atoms with Crippen molar-refractivity contribution in [3.8, 4) is 0 Å². The largest absolute Gasteiger partial charge is 0.388 e. The van der Waals surface area contributed by atoms with Crippen LogP contribution in [0.15, 0.2) is 0 Å². The van der Waals surface area contributed by atoms with Gasteiger partial charge in [0.05, 0.1) is 6.61 Å². The Kier molecular flexibility index (Phi) is 12.8. The number of hydrogen-bond donors (Lipinski definition) is 1. The van der Waals surface area contributed by atoms with Gasteiger partial charge in [-0.2, -0.15) is 0 Å². The second kappa shape index (κ2) is 12.9. The summed E-state index contributed by atoms with van der Waals surface area (Å²) in [5, 5.41) is 8.88. The molecule has 0 spiro atoms. The molecule has 0 aromatic rings. The Hall–Kier alpha value is -0.150. The van der Waals surface area contributed by atoms with Crippen molar-refractivity contribution in [2.75, 3.05) is 19.9 Å². The van der Waals surface area contributed by atoms with Crippen molar-refractivity contribution in [1.82, 2.24) is 0 Å². The molecular formula is C13H27FO2. The first-order chi connectivity index (χ1) is 7.81. The Labute approximate surface area is 99.2 Å². The van der Waals surface area contributed by atoms with E-state index in [0.717, 1.165) is 6.42 Å². The van der Waals surface area contributed by atoms with Crippen LogP contribution in [0, 0.1) is 0 Å². The maximum absolute atomic E-state index is 11.8. The summed E-state index contributed by atoms with van der Waals surface area (Å²) in [7, 11) is 0. The van der Waals surface area contributed by atoms with E-state index >= 15 is 0 Å². The summed E-state index contributed by atoms with van der Waals surface area (Å²) in [6.07, 6.45) is 9.19. The van der Waals surface area contributed by atoms with Gasteiger partial charge in [-0.25, -0.2) is 4.39 Å². The molecule has 0 fully saturated rings. The smallest absolute Gasteiger partial charge is 0.118 e. The van der Waals surface area contributed by atoms with E-state index in [9.17, 15) is 4.39 Å². The minimum atomic E-state index is -0.936. The zero-order valence-electron chi connectivity index (χ0n) is 10.6. The number of aliphatic hydroxyl groups is 1. The van der Waals surface area contributed by atoms with Crippen LogP contribution in [0.2, 0.25) is 0 Å². The van der Waals surface area contributed by atoms with Crippen LogP contribution in [0.1, 0.15) is 58.3 Å². The van der Waals surface area contributed by atoms with Crippen molar-refractivity contribution in [1.29, 1.82) is 0 Å². The zero-order chi connectivity index (χ0) is 12.1.